The van der Waals surface area contributed by atoms with E-state index in [1.54, 1.807) is 0 Å². The van der Waals surface area contributed by atoms with E-state index >= 15 is 0 Å². The molecule has 0 radical (unpaired) electrons. The molecule has 0 spiro atoms. The zero-order valence-electron chi connectivity index (χ0n) is 8.85. The first-order chi connectivity index (χ1) is 5.81. The smallest absolute Gasteiger partial charge is 0.132 e. The number of hydrogen-bond donors (Lipinski definition) is 1. The molecule has 0 aliphatic carbocycles. The van der Waals surface area contributed by atoms with Crippen LogP contribution >= 0.6 is 0 Å². The molecular weight excluding hydrogens is 180 g/mol. The van der Waals surface area contributed by atoms with Crippen LogP contribution in [0.1, 0.15) is 19.8 Å². The van der Waals surface area contributed by atoms with Crippen molar-refractivity contribution >= 4 is 13.9 Å². The van der Waals surface area contributed by atoms with Crippen LogP contribution in [0.25, 0.3) is 0 Å². The molecule has 1 unspecified atom stereocenters. The third-order valence-corrected chi connectivity index (χ3v) is 2.25. The lowest BCUT2D eigenvalue weighted by Crippen LogP contribution is -2.17. The molecule has 0 saturated heterocycles. The van der Waals surface area contributed by atoms with Gasteiger partial charge in [-0.2, -0.15) is 0 Å². The van der Waals surface area contributed by atoms with E-state index in [0.29, 0.717) is 6.42 Å². The third kappa shape index (κ3) is 9.32. The van der Waals surface area contributed by atoms with Crippen LogP contribution in [0.3, 0.4) is 0 Å². The molecule has 13 heavy (non-hydrogen) atoms. The normalized spacial score (nSPS) is 13.0. The van der Waals surface area contributed by atoms with Crippen molar-refractivity contribution in [1.29, 1.82) is 0 Å². The Balaban J connectivity index is 3.86. The average molecular weight is 198 g/mol. The standard InChI is InChI=1S/C10H18O2Si/c1-9(11)8-10(12)6-5-7-13(2,3)4/h10,12H,6,8H2,1-4H3. The molecule has 1 N–H and O–H groups in total. The summed E-state index contributed by atoms with van der Waals surface area (Å²) in [5, 5.41) is 9.31. The highest BCUT2D eigenvalue weighted by molar-refractivity contribution is 6.83. The highest BCUT2D eigenvalue weighted by Gasteiger charge is 2.08. The van der Waals surface area contributed by atoms with E-state index in [1.807, 2.05) is 0 Å². The first kappa shape index (κ1) is 12.4. The van der Waals surface area contributed by atoms with Crippen LogP contribution in [0.2, 0.25) is 19.6 Å². The lowest BCUT2D eigenvalue weighted by atomic mass is 10.1. The summed E-state index contributed by atoms with van der Waals surface area (Å²) < 4.78 is 0. The fraction of sp³-hybridized carbons (Fsp3) is 0.700. The van der Waals surface area contributed by atoms with Crippen LogP contribution in [0.5, 0.6) is 0 Å². The Kier molecular flexibility index (Phi) is 4.97. The van der Waals surface area contributed by atoms with Gasteiger partial charge in [0, 0.05) is 12.8 Å². The topological polar surface area (TPSA) is 37.3 Å². The summed E-state index contributed by atoms with van der Waals surface area (Å²) in [7, 11) is -1.32. The Bertz CT molecular complexity index is 230. The van der Waals surface area contributed by atoms with E-state index in [1.165, 1.54) is 6.92 Å². The number of aliphatic hydroxyl groups is 1. The van der Waals surface area contributed by atoms with Crippen molar-refractivity contribution in [3.05, 3.63) is 0 Å². The number of Topliss-reactive ketones (excluding diaryl/α,β-unsaturated/α-hetero) is 1. The molecule has 0 heterocycles. The molecular formula is C10H18O2Si. The summed E-state index contributed by atoms with van der Waals surface area (Å²) in [6, 6.07) is 0. The quantitative estimate of drug-likeness (QED) is 0.552. The predicted molar refractivity (Wildman–Crippen MR) is 57.0 cm³/mol. The molecule has 3 heteroatoms. The van der Waals surface area contributed by atoms with Gasteiger partial charge in [-0.15, -0.1) is 11.5 Å². The van der Waals surface area contributed by atoms with Crippen molar-refractivity contribution in [3.63, 3.8) is 0 Å². The zero-order valence-corrected chi connectivity index (χ0v) is 9.85. The molecule has 0 aromatic carbocycles. The van der Waals surface area contributed by atoms with Crippen molar-refractivity contribution in [2.45, 2.75) is 45.5 Å². The molecule has 0 bridgehead atoms. The van der Waals surface area contributed by atoms with Crippen LogP contribution in [-0.4, -0.2) is 25.1 Å². The molecule has 0 amide bonds. The second-order valence-electron chi connectivity index (χ2n) is 4.32. The van der Waals surface area contributed by atoms with Gasteiger partial charge in [-0.05, 0) is 6.92 Å². The number of aliphatic hydroxyl groups excluding tert-OH is 1. The summed E-state index contributed by atoms with van der Waals surface area (Å²) in [4.78, 5) is 10.6. The number of carbonyl (C=O) groups is 1. The Labute approximate surface area is 81.4 Å². The lowest BCUT2D eigenvalue weighted by Gasteiger charge is -2.05. The van der Waals surface area contributed by atoms with Crippen LogP contribution in [0.4, 0.5) is 0 Å². The lowest BCUT2D eigenvalue weighted by molar-refractivity contribution is -0.118. The minimum absolute atomic E-state index is 0.0160. The van der Waals surface area contributed by atoms with Crippen LogP contribution in [-0.2, 0) is 4.79 Å². The summed E-state index contributed by atoms with van der Waals surface area (Å²) in [6.45, 7) is 7.93. The van der Waals surface area contributed by atoms with Crippen LogP contribution in [0.15, 0.2) is 0 Å². The first-order valence-electron chi connectivity index (χ1n) is 4.49. The Morgan fingerprint density at radius 3 is 2.38 bits per heavy atom. The fourth-order valence-corrected chi connectivity index (χ4v) is 1.47. The van der Waals surface area contributed by atoms with Crippen LogP contribution in [0, 0.1) is 11.5 Å². The number of ketones is 1. The third-order valence-electron chi connectivity index (χ3n) is 1.32. The van der Waals surface area contributed by atoms with E-state index in [-0.39, 0.29) is 12.2 Å². The Morgan fingerprint density at radius 2 is 2.00 bits per heavy atom. The van der Waals surface area contributed by atoms with Gasteiger partial charge in [-0.25, -0.2) is 0 Å². The van der Waals surface area contributed by atoms with Gasteiger partial charge in [-0.1, -0.05) is 19.6 Å². The maximum absolute atomic E-state index is 10.6. The predicted octanol–water partition coefficient (Wildman–Crippen LogP) is 1.60. The average Bonchev–Trinajstić information content (AvgIpc) is 1.81. The van der Waals surface area contributed by atoms with Gasteiger partial charge in [0.05, 0.1) is 6.10 Å². The molecule has 2 nitrogen and oxygen atoms in total. The summed E-state index contributed by atoms with van der Waals surface area (Å²) in [5.41, 5.74) is 3.14. The molecule has 0 aromatic rings. The monoisotopic (exact) mass is 198 g/mol. The minimum Gasteiger partial charge on any atom is -0.392 e. The van der Waals surface area contributed by atoms with E-state index in [4.69, 9.17) is 0 Å². The molecule has 0 aromatic heterocycles. The van der Waals surface area contributed by atoms with Gasteiger partial charge >= 0.3 is 0 Å². The van der Waals surface area contributed by atoms with Crippen molar-refractivity contribution in [2.75, 3.05) is 0 Å². The summed E-state index contributed by atoms with van der Waals surface area (Å²) >= 11 is 0. The van der Waals surface area contributed by atoms with Crippen molar-refractivity contribution in [2.24, 2.45) is 0 Å². The zero-order chi connectivity index (χ0) is 10.5. The maximum Gasteiger partial charge on any atom is 0.132 e. The fourth-order valence-electron chi connectivity index (χ4n) is 0.838. The van der Waals surface area contributed by atoms with Gasteiger partial charge in [-0.3, -0.25) is 4.79 Å². The molecule has 0 saturated carbocycles. The largest absolute Gasteiger partial charge is 0.392 e. The van der Waals surface area contributed by atoms with Crippen molar-refractivity contribution < 1.29 is 9.90 Å². The van der Waals surface area contributed by atoms with E-state index in [0.717, 1.165) is 0 Å². The molecule has 1 atom stereocenters. The van der Waals surface area contributed by atoms with E-state index in [9.17, 15) is 9.90 Å². The molecule has 0 aliphatic rings. The number of carbonyl (C=O) groups excluding carboxylic acids is 1. The van der Waals surface area contributed by atoms with Gasteiger partial charge in [0.1, 0.15) is 13.9 Å². The molecule has 0 aliphatic heterocycles. The number of hydrogen-bond acceptors (Lipinski definition) is 2. The maximum atomic E-state index is 10.6. The summed E-state index contributed by atoms with van der Waals surface area (Å²) in [5.74, 6) is 2.96. The number of rotatable bonds is 3. The van der Waals surface area contributed by atoms with Crippen molar-refractivity contribution in [1.82, 2.24) is 0 Å². The molecule has 0 rings (SSSR count). The van der Waals surface area contributed by atoms with Gasteiger partial charge < -0.3 is 5.11 Å². The second-order valence-corrected chi connectivity index (χ2v) is 9.07. The minimum atomic E-state index is -1.32. The van der Waals surface area contributed by atoms with Crippen molar-refractivity contribution in [3.8, 4) is 11.5 Å². The highest BCUT2D eigenvalue weighted by atomic mass is 28.3. The summed E-state index contributed by atoms with van der Waals surface area (Å²) in [6.07, 6.45) is 0.0610. The highest BCUT2D eigenvalue weighted by Crippen LogP contribution is 2.00. The van der Waals surface area contributed by atoms with E-state index < -0.39 is 14.2 Å². The molecule has 0 fully saturated rings. The first-order valence-corrected chi connectivity index (χ1v) is 7.99. The molecule has 74 valence electrons. The van der Waals surface area contributed by atoms with Crippen LogP contribution < -0.4 is 0 Å². The SMILES string of the molecule is CC(=O)CC(O)CC#C[Si](C)(C)C. The van der Waals surface area contributed by atoms with Gasteiger partial charge in [0.25, 0.3) is 0 Å². The van der Waals surface area contributed by atoms with Gasteiger partial charge in [0.2, 0.25) is 0 Å². The van der Waals surface area contributed by atoms with E-state index in [2.05, 4.69) is 31.1 Å². The Morgan fingerprint density at radius 1 is 1.46 bits per heavy atom. The second kappa shape index (κ2) is 5.20. The van der Waals surface area contributed by atoms with Gasteiger partial charge in [0.15, 0.2) is 0 Å². The Hall–Kier alpha value is -0.593.